The number of hydrogen-bond acceptors (Lipinski definition) is 1. The zero-order valence-electron chi connectivity index (χ0n) is 6.31. The van der Waals surface area contributed by atoms with Gasteiger partial charge < -0.3 is 5.32 Å². The fraction of sp³-hybridized carbons (Fsp3) is 0.625. The molecule has 0 bridgehead atoms. The van der Waals surface area contributed by atoms with Crippen molar-refractivity contribution in [2.24, 2.45) is 5.92 Å². The number of rotatable bonds is 2. The summed E-state index contributed by atoms with van der Waals surface area (Å²) in [5, 5.41) is 2.79. The van der Waals surface area contributed by atoms with Gasteiger partial charge in [-0.15, -0.1) is 0 Å². The van der Waals surface area contributed by atoms with Crippen LogP contribution < -0.4 is 5.32 Å². The molecule has 56 valence electrons. The number of carbonyl (C=O) groups excluding carboxylic acids is 1. The maximum absolute atomic E-state index is 11.0. The van der Waals surface area contributed by atoms with Crippen LogP contribution in [0.2, 0.25) is 0 Å². The predicted octanol–water partition coefficient (Wildman–Crippen LogP) is 1.09. The molecular formula is C8H13NO. The smallest absolute Gasteiger partial charge is 0.227 e. The van der Waals surface area contributed by atoms with Crippen molar-refractivity contribution in [2.45, 2.75) is 19.8 Å². The molecular weight excluding hydrogens is 126 g/mol. The average molecular weight is 139 g/mol. The molecule has 2 heteroatoms. The first kappa shape index (κ1) is 7.32. The molecule has 0 saturated carbocycles. The number of amides is 1. The van der Waals surface area contributed by atoms with Crippen LogP contribution in [0.5, 0.6) is 0 Å². The van der Waals surface area contributed by atoms with E-state index in [0.717, 1.165) is 25.0 Å². The van der Waals surface area contributed by atoms with E-state index in [1.165, 1.54) is 0 Å². The normalized spacial score (nSPS) is 24.5. The van der Waals surface area contributed by atoms with Gasteiger partial charge in [0.2, 0.25) is 5.91 Å². The Morgan fingerprint density at radius 2 is 2.60 bits per heavy atom. The van der Waals surface area contributed by atoms with Crippen molar-refractivity contribution < 1.29 is 4.79 Å². The molecule has 1 unspecified atom stereocenters. The maximum atomic E-state index is 11.0. The average Bonchev–Trinajstić information content (AvgIpc) is 2.34. The minimum Gasteiger partial charge on any atom is -0.356 e. The van der Waals surface area contributed by atoms with Gasteiger partial charge in [0.15, 0.2) is 0 Å². The molecule has 1 aliphatic heterocycles. The van der Waals surface area contributed by atoms with Gasteiger partial charge in [0.1, 0.15) is 0 Å². The van der Waals surface area contributed by atoms with Crippen LogP contribution in [0.1, 0.15) is 19.8 Å². The first-order chi connectivity index (χ1) is 4.75. The van der Waals surface area contributed by atoms with Gasteiger partial charge in [-0.3, -0.25) is 4.79 Å². The van der Waals surface area contributed by atoms with Crippen LogP contribution in [0.4, 0.5) is 0 Å². The highest BCUT2D eigenvalue weighted by Crippen LogP contribution is 2.19. The summed E-state index contributed by atoms with van der Waals surface area (Å²) in [6.45, 7) is 6.70. The van der Waals surface area contributed by atoms with Crippen molar-refractivity contribution in [1.29, 1.82) is 0 Å². The molecule has 1 heterocycles. The number of carbonyl (C=O) groups is 1. The first-order valence-electron chi connectivity index (χ1n) is 3.71. The Balaban J connectivity index is 2.55. The van der Waals surface area contributed by atoms with Crippen molar-refractivity contribution in [1.82, 2.24) is 5.32 Å². The van der Waals surface area contributed by atoms with Gasteiger partial charge >= 0.3 is 0 Å². The second kappa shape index (κ2) is 2.86. The van der Waals surface area contributed by atoms with E-state index in [1.54, 1.807) is 0 Å². The maximum Gasteiger partial charge on any atom is 0.227 e. The Kier molecular flexibility index (Phi) is 2.10. The van der Waals surface area contributed by atoms with Crippen LogP contribution in [-0.4, -0.2) is 12.5 Å². The summed E-state index contributed by atoms with van der Waals surface area (Å²) in [5.74, 6) is 0.261. The Morgan fingerprint density at radius 1 is 1.90 bits per heavy atom. The van der Waals surface area contributed by atoms with E-state index in [2.05, 4.69) is 11.9 Å². The highest BCUT2D eigenvalue weighted by molar-refractivity contribution is 5.83. The van der Waals surface area contributed by atoms with Crippen LogP contribution in [0.25, 0.3) is 0 Å². The van der Waals surface area contributed by atoms with E-state index >= 15 is 0 Å². The lowest BCUT2D eigenvalue weighted by molar-refractivity contribution is -0.121. The summed E-state index contributed by atoms with van der Waals surface area (Å²) >= 11 is 0. The fourth-order valence-corrected chi connectivity index (χ4v) is 1.23. The van der Waals surface area contributed by atoms with Crippen molar-refractivity contribution in [2.75, 3.05) is 6.54 Å². The molecule has 0 aliphatic carbocycles. The highest BCUT2D eigenvalue weighted by Gasteiger charge is 2.25. The molecule has 1 rings (SSSR count). The zero-order valence-corrected chi connectivity index (χ0v) is 6.31. The molecule has 1 atom stereocenters. The summed E-state index contributed by atoms with van der Waals surface area (Å²) in [4.78, 5) is 11.0. The van der Waals surface area contributed by atoms with Crippen molar-refractivity contribution in [3.05, 3.63) is 12.2 Å². The molecule has 0 aromatic carbocycles. The molecule has 1 N–H and O–H groups in total. The molecule has 1 saturated heterocycles. The molecule has 0 radical (unpaired) electrons. The van der Waals surface area contributed by atoms with Crippen molar-refractivity contribution >= 4 is 5.91 Å². The van der Waals surface area contributed by atoms with E-state index in [-0.39, 0.29) is 11.8 Å². The fourth-order valence-electron chi connectivity index (χ4n) is 1.23. The van der Waals surface area contributed by atoms with Crippen molar-refractivity contribution in [3.63, 3.8) is 0 Å². The minimum atomic E-state index is 0.102. The Bertz CT molecular complexity index is 163. The van der Waals surface area contributed by atoms with Crippen LogP contribution in [0.15, 0.2) is 12.2 Å². The molecule has 0 aromatic rings. The van der Waals surface area contributed by atoms with E-state index < -0.39 is 0 Å². The lowest BCUT2D eigenvalue weighted by Gasteiger charge is -2.06. The standard InChI is InChI=1S/C8H13NO/c1-3-6(2)7-4-5-9-8(7)10/h7H,2-5H2,1H3,(H,9,10). The summed E-state index contributed by atoms with van der Waals surface area (Å²) in [7, 11) is 0. The largest absolute Gasteiger partial charge is 0.356 e. The number of hydrogen-bond donors (Lipinski definition) is 1. The molecule has 1 aliphatic rings. The van der Waals surface area contributed by atoms with Gasteiger partial charge in [0.05, 0.1) is 5.92 Å². The van der Waals surface area contributed by atoms with Gasteiger partial charge in [-0.1, -0.05) is 19.1 Å². The van der Waals surface area contributed by atoms with Crippen LogP contribution in [0, 0.1) is 5.92 Å². The molecule has 2 nitrogen and oxygen atoms in total. The van der Waals surface area contributed by atoms with Crippen LogP contribution in [-0.2, 0) is 4.79 Å². The lowest BCUT2D eigenvalue weighted by Crippen LogP contribution is -2.19. The zero-order chi connectivity index (χ0) is 7.56. The predicted molar refractivity (Wildman–Crippen MR) is 40.5 cm³/mol. The van der Waals surface area contributed by atoms with Gasteiger partial charge in [-0.05, 0) is 12.8 Å². The second-order valence-corrected chi connectivity index (χ2v) is 2.64. The monoisotopic (exact) mass is 139 g/mol. The molecule has 1 amide bonds. The van der Waals surface area contributed by atoms with Gasteiger partial charge in [-0.2, -0.15) is 0 Å². The Hall–Kier alpha value is -0.790. The highest BCUT2D eigenvalue weighted by atomic mass is 16.2. The number of nitrogens with one attached hydrogen (secondary N) is 1. The van der Waals surface area contributed by atoms with Crippen molar-refractivity contribution in [3.8, 4) is 0 Å². The van der Waals surface area contributed by atoms with E-state index in [0.29, 0.717) is 0 Å². The molecule has 10 heavy (non-hydrogen) atoms. The third-order valence-electron chi connectivity index (χ3n) is 2.00. The summed E-state index contributed by atoms with van der Waals surface area (Å²) < 4.78 is 0. The first-order valence-corrected chi connectivity index (χ1v) is 3.71. The van der Waals surface area contributed by atoms with E-state index in [4.69, 9.17) is 0 Å². The second-order valence-electron chi connectivity index (χ2n) is 2.64. The molecule has 0 spiro atoms. The van der Waals surface area contributed by atoms with Crippen LogP contribution >= 0.6 is 0 Å². The van der Waals surface area contributed by atoms with E-state index in [9.17, 15) is 4.79 Å². The Morgan fingerprint density at radius 3 is 3.00 bits per heavy atom. The van der Waals surface area contributed by atoms with Gasteiger partial charge in [-0.25, -0.2) is 0 Å². The Labute approximate surface area is 61.3 Å². The lowest BCUT2D eigenvalue weighted by atomic mass is 9.97. The van der Waals surface area contributed by atoms with Crippen LogP contribution in [0.3, 0.4) is 0 Å². The quantitative estimate of drug-likeness (QED) is 0.570. The third kappa shape index (κ3) is 1.20. The van der Waals surface area contributed by atoms with Gasteiger partial charge in [0, 0.05) is 6.54 Å². The minimum absolute atomic E-state index is 0.102. The van der Waals surface area contributed by atoms with Gasteiger partial charge in [0.25, 0.3) is 0 Å². The molecule has 1 fully saturated rings. The summed E-state index contributed by atoms with van der Waals surface area (Å²) in [6.07, 6.45) is 1.85. The third-order valence-corrected chi connectivity index (χ3v) is 2.00. The SMILES string of the molecule is C=C(CC)C1CCNC1=O. The van der Waals surface area contributed by atoms with E-state index in [1.807, 2.05) is 6.92 Å². The topological polar surface area (TPSA) is 29.1 Å². The summed E-state index contributed by atoms with van der Waals surface area (Å²) in [6, 6.07) is 0. The summed E-state index contributed by atoms with van der Waals surface area (Å²) in [5.41, 5.74) is 1.06. The molecule has 0 aromatic heterocycles.